The van der Waals surface area contributed by atoms with Crippen molar-refractivity contribution in [2.24, 2.45) is 0 Å². The van der Waals surface area contributed by atoms with Crippen LogP contribution in [0.3, 0.4) is 0 Å². The summed E-state index contributed by atoms with van der Waals surface area (Å²) in [6.07, 6.45) is 8.28. The van der Waals surface area contributed by atoms with Gasteiger partial charge in [0.2, 0.25) is 10.0 Å². The average Bonchev–Trinajstić information content (AvgIpc) is 2.58. The molecule has 1 aromatic rings. The van der Waals surface area contributed by atoms with Crippen molar-refractivity contribution in [3.05, 3.63) is 17.6 Å². The molecule has 0 aliphatic heterocycles. The van der Waals surface area contributed by atoms with Crippen LogP contribution in [0.4, 0.5) is 5.82 Å². The van der Waals surface area contributed by atoms with Gasteiger partial charge in [-0.3, -0.25) is 0 Å². The van der Waals surface area contributed by atoms with Crippen LogP contribution in [0.1, 0.15) is 44.4 Å². The van der Waals surface area contributed by atoms with Crippen LogP contribution in [0.25, 0.3) is 0 Å². The number of anilines is 1. The van der Waals surface area contributed by atoms with E-state index in [4.69, 9.17) is 0 Å². The minimum Gasteiger partial charge on any atom is -0.368 e. The van der Waals surface area contributed by atoms with Crippen LogP contribution in [-0.2, 0) is 22.9 Å². The first-order valence-electron chi connectivity index (χ1n) is 7.32. The number of fused-ring (bicyclic) bond motifs is 1. The van der Waals surface area contributed by atoms with Crippen LogP contribution < -0.4 is 10.0 Å². The van der Waals surface area contributed by atoms with Gasteiger partial charge in [-0.05, 0) is 39.5 Å². The molecule has 6 nitrogen and oxygen atoms in total. The number of nitrogens with one attached hydrogen (secondary N) is 2. The molecule has 1 aliphatic rings. The maximum Gasteiger partial charge on any atom is 0.209 e. The number of hydrogen-bond donors (Lipinski definition) is 2. The van der Waals surface area contributed by atoms with E-state index in [-0.39, 0.29) is 0 Å². The van der Waals surface area contributed by atoms with E-state index in [1.807, 2.05) is 13.8 Å². The van der Waals surface area contributed by atoms with Crippen molar-refractivity contribution in [2.45, 2.75) is 51.5 Å². The molecule has 0 saturated carbocycles. The molecule has 2 rings (SSSR count). The highest BCUT2D eigenvalue weighted by Crippen LogP contribution is 2.24. The largest absolute Gasteiger partial charge is 0.368 e. The van der Waals surface area contributed by atoms with E-state index in [0.717, 1.165) is 30.8 Å². The first kappa shape index (κ1) is 16.2. The lowest BCUT2D eigenvalue weighted by Gasteiger charge is -2.26. The molecule has 0 aromatic carbocycles. The van der Waals surface area contributed by atoms with Gasteiger partial charge in [0.05, 0.1) is 6.26 Å². The van der Waals surface area contributed by atoms with E-state index in [2.05, 4.69) is 20.0 Å². The highest BCUT2D eigenvalue weighted by atomic mass is 32.2. The predicted octanol–water partition coefficient (Wildman–Crippen LogP) is 1.49. The molecule has 2 N–H and O–H groups in total. The standard InChI is InChI=1S/C14H24N4O2S/c1-14(2,18-21(3,19)20)9-15-13-11-7-5-4-6-8-12(11)16-10-17-13/h10,18H,4-9H2,1-3H3,(H,15,16,17). The Bertz CT molecular complexity index is 599. The molecule has 7 heteroatoms. The van der Waals surface area contributed by atoms with Crippen LogP contribution in [0, 0.1) is 0 Å². The van der Waals surface area contributed by atoms with Gasteiger partial charge in [0.25, 0.3) is 0 Å². The van der Waals surface area contributed by atoms with Gasteiger partial charge in [-0.25, -0.2) is 23.1 Å². The van der Waals surface area contributed by atoms with Gasteiger partial charge in [0.15, 0.2) is 0 Å². The van der Waals surface area contributed by atoms with Crippen molar-refractivity contribution in [1.82, 2.24) is 14.7 Å². The van der Waals surface area contributed by atoms with Gasteiger partial charge < -0.3 is 5.32 Å². The second kappa shape index (κ2) is 6.27. The molecular formula is C14H24N4O2S. The summed E-state index contributed by atoms with van der Waals surface area (Å²) in [5.41, 5.74) is 1.74. The third-order valence-corrected chi connectivity index (χ3v) is 4.46. The van der Waals surface area contributed by atoms with E-state index in [9.17, 15) is 8.42 Å². The third-order valence-electron chi connectivity index (χ3n) is 3.53. The number of aryl methyl sites for hydroxylation is 1. The summed E-state index contributed by atoms with van der Waals surface area (Å²) in [6, 6.07) is 0. The van der Waals surface area contributed by atoms with Crippen molar-refractivity contribution in [2.75, 3.05) is 18.1 Å². The van der Waals surface area contributed by atoms with Crippen molar-refractivity contribution >= 4 is 15.8 Å². The molecule has 0 atom stereocenters. The third kappa shape index (κ3) is 4.93. The molecule has 0 bridgehead atoms. The number of sulfonamides is 1. The fourth-order valence-corrected chi connectivity index (χ4v) is 3.77. The van der Waals surface area contributed by atoms with Crippen molar-refractivity contribution < 1.29 is 8.42 Å². The zero-order valence-corrected chi connectivity index (χ0v) is 13.8. The van der Waals surface area contributed by atoms with E-state index >= 15 is 0 Å². The summed E-state index contributed by atoms with van der Waals surface area (Å²) in [5, 5.41) is 3.29. The number of aromatic nitrogens is 2. The van der Waals surface area contributed by atoms with Crippen molar-refractivity contribution in [1.29, 1.82) is 0 Å². The maximum absolute atomic E-state index is 11.4. The highest BCUT2D eigenvalue weighted by Gasteiger charge is 2.23. The molecule has 0 radical (unpaired) electrons. The van der Waals surface area contributed by atoms with Crippen molar-refractivity contribution in [3.63, 3.8) is 0 Å². The maximum atomic E-state index is 11.4. The molecule has 0 unspecified atom stereocenters. The first-order valence-corrected chi connectivity index (χ1v) is 9.21. The summed E-state index contributed by atoms with van der Waals surface area (Å²) in [5.74, 6) is 0.838. The molecule has 1 aromatic heterocycles. The van der Waals surface area contributed by atoms with Crippen molar-refractivity contribution in [3.8, 4) is 0 Å². The van der Waals surface area contributed by atoms with Crippen LogP contribution in [0.2, 0.25) is 0 Å². The second-order valence-corrected chi connectivity index (χ2v) is 8.07. The molecule has 0 saturated heterocycles. The van der Waals surface area contributed by atoms with Gasteiger partial charge in [0, 0.05) is 23.3 Å². The minimum atomic E-state index is -3.23. The predicted molar refractivity (Wildman–Crippen MR) is 83.8 cm³/mol. The Morgan fingerprint density at radius 2 is 1.90 bits per heavy atom. The summed E-state index contributed by atoms with van der Waals surface area (Å²) in [7, 11) is -3.23. The Morgan fingerprint density at radius 3 is 2.62 bits per heavy atom. The molecule has 118 valence electrons. The van der Waals surface area contributed by atoms with Gasteiger partial charge in [0.1, 0.15) is 12.1 Å². The molecule has 1 heterocycles. The van der Waals surface area contributed by atoms with Gasteiger partial charge in [-0.2, -0.15) is 0 Å². The lowest BCUT2D eigenvalue weighted by atomic mass is 10.1. The zero-order valence-electron chi connectivity index (χ0n) is 12.9. The topological polar surface area (TPSA) is 84.0 Å². The number of nitrogens with zero attached hydrogens (tertiary/aromatic N) is 2. The van der Waals surface area contributed by atoms with Crippen LogP contribution in [-0.4, -0.2) is 36.7 Å². The van der Waals surface area contributed by atoms with Gasteiger partial charge >= 0.3 is 0 Å². The summed E-state index contributed by atoms with van der Waals surface area (Å²) >= 11 is 0. The number of rotatable bonds is 5. The van der Waals surface area contributed by atoms with Gasteiger partial charge in [-0.1, -0.05) is 6.42 Å². The van der Waals surface area contributed by atoms with E-state index in [1.54, 1.807) is 6.33 Å². The van der Waals surface area contributed by atoms with Crippen LogP contribution >= 0.6 is 0 Å². The summed E-state index contributed by atoms with van der Waals surface area (Å²) < 4.78 is 25.4. The Kier molecular flexibility index (Phi) is 4.83. The zero-order chi connectivity index (χ0) is 15.5. The van der Waals surface area contributed by atoms with E-state index in [0.29, 0.717) is 6.54 Å². The fourth-order valence-electron chi connectivity index (χ4n) is 2.69. The first-order chi connectivity index (χ1) is 9.77. The van der Waals surface area contributed by atoms with E-state index in [1.165, 1.54) is 24.7 Å². The van der Waals surface area contributed by atoms with E-state index < -0.39 is 15.6 Å². The monoisotopic (exact) mass is 312 g/mol. The molecule has 0 fully saturated rings. The average molecular weight is 312 g/mol. The Labute approximate surface area is 126 Å². The molecule has 21 heavy (non-hydrogen) atoms. The summed E-state index contributed by atoms with van der Waals surface area (Å²) in [6.45, 7) is 4.17. The molecule has 1 aliphatic carbocycles. The number of hydrogen-bond acceptors (Lipinski definition) is 5. The van der Waals surface area contributed by atoms with Gasteiger partial charge in [-0.15, -0.1) is 0 Å². The highest BCUT2D eigenvalue weighted by molar-refractivity contribution is 7.88. The van der Waals surface area contributed by atoms with Crippen LogP contribution in [0.15, 0.2) is 6.33 Å². The fraction of sp³-hybridized carbons (Fsp3) is 0.714. The molecular weight excluding hydrogens is 288 g/mol. The molecule has 0 spiro atoms. The molecule has 0 amide bonds. The Hall–Kier alpha value is -1.21. The minimum absolute atomic E-state index is 0.476. The SMILES string of the molecule is CC(C)(CNc1ncnc2c1CCCCC2)NS(C)(=O)=O. The smallest absolute Gasteiger partial charge is 0.209 e. The Morgan fingerprint density at radius 1 is 1.19 bits per heavy atom. The summed E-state index contributed by atoms with van der Waals surface area (Å²) in [4.78, 5) is 8.71. The lowest BCUT2D eigenvalue weighted by Crippen LogP contribution is -2.48. The van der Waals surface area contributed by atoms with Crippen LogP contribution in [0.5, 0.6) is 0 Å². The quantitative estimate of drug-likeness (QED) is 0.805. The lowest BCUT2D eigenvalue weighted by molar-refractivity contribution is 0.475. The Balaban J connectivity index is 2.10. The normalized spacial score (nSPS) is 16.1. The second-order valence-electron chi connectivity index (χ2n) is 6.32.